The van der Waals surface area contributed by atoms with Crippen molar-refractivity contribution < 1.29 is 38.1 Å². The van der Waals surface area contributed by atoms with E-state index in [0.717, 1.165) is 156 Å². The largest absolute Gasteiger partial charge is 0.505 e. The molecule has 0 saturated carbocycles. The minimum atomic E-state index is -0.625. The summed E-state index contributed by atoms with van der Waals surface area (Å²) in [5, 5.41) is 23.3. The molecule has 5 aromatic carbocycles. The standard InChI is InChI=1S/C33H39N7O2.C30H35FN6O3.C27H33ClN8O2.CH4.2H2S/c1-5-30(41)40-19-18-39(21-25(40)20-34-3)31-27-14-17-38(29-13-8-11-24-10-6-7-12-26(24)29)22-28(27)35-32(36-31)42-23-33(2)15-9-16-37(33)4;1-3-26(39)35-13-15-36(16-14-35)29-23-10-12-37(28-22-9-5-4-7-20(22)17-25(38)27(28)31)18-24(23)32-30(33-29)40-19-21-8-6-11-34(21)2;1-3-24(37)34-11-13-35(14-12-34)26-19-8-10-36(25-20-15-29-32-22(20)7-6-21(25)28)16-23(19)30-27(31-26)38-17-18-5-4-9-33(18)2;;;/h5-8,10-13,25H,1,9,14-23H2,2,4H3;3-5,7,9,17,21,38H,1,6,8,10-16,18-19H2,2H3;3,6-7,15,18H,1,4-5,8-14,16-17H2,2H3,(H,29,32);1H4;2*1H2/t25?,33-;21-;18-;;;/m000.../s1. The molecule has 123 heavy (non-hydrogen) atoms. The number of nitrogens with zero attached hydrogens (tertiary/aromatic N) is 20. The normalized spacial score (nSPS) is 20.3. The first kappa shape index (κ1) is 90.0. The molecular formula is C91H115ClFN21O7S2. The molecule has 0 radical (unpaired) electrons. The first-order valence-corrected chi connectivity index (χ1v) is 42.5. The van der Waals surface area contributed by atoms with E-state index in [9.17, 15) is 19.5 Å². The number of fused-ring (bicyclic) bond motifs is 6. The molecule has 4 aromatic heterocycles. The Kier molecular flexibility index (Phi) is 29.1. The van der Waals surface area contributed by atoms with Crippen LogP contribution in [0.1, 0.15) is 86.6 Å². The van der Waals surface area contributed by atoms with E-state index in [1.165, 1.54) is 47.2 Å². The number of aromatic nitrogens is 8. The summed E-state index contributed by atoms with van der Waals surface area (Å²) in [6.07, 6.45) is 14.9. The van der Waals surface area contributed by atoms with Crippen LogP contribution < -0.4 is 43.6 Å². The average Bonchev–Trinajstić information content (AvgIpc) is 0.960. The van der Waals surface area contributed by atoms with Crippen LogP contribution in [0.5, 0.6) is 23.8 Å². The number of nitrogens with one attached hydrogen (secondary N) is 1. The number of piperazine rings is 3. The molecule has 1 unspecified atom stereocenters. The van der Waals surface area contributed by atoms with Gasteiger partial charge in [0, 0.05) is 142 Å². The van der Waals surface area contributed by atoms with Gasteiger partial charge in [0.2, 0.25) is 24.3 Å². The number of aromatic amines is 1. The SMILES string of the molecule is C.C=CC(=O)N1CCN(c2nc(OC[C@@H]3CCCN3C)nc3c2CCN(c2c(Cl)ccc4[nH]ncc24)C3)CC1.C=CC(=O)N1CCN(c2nc(OC[C@@H]3CCCN3C)nc3c2CCN(c2c(F)c(O)cc4ccccc24)C3)CC1.S.S.[C-]#[N+]CC1CN(c2nc(OC[C@]3(C)CCCN3C)nc3c2CCN(c2cccc4ccccc24)C3)CCN1C(=O)C=C. The maximum absolute atomic E-state index is 15.4. The summed E-state index contributed by atoms with van der Waals surface area (Å²) in [5.74, 6) is 1.41. The van der Waals surface area contributed by atoms with Crippen LogP contribution in [0, 0.1) is 12.4 Å². The van der Waals surface area contributed by atoms with E-state index in [4.69, 9.17) is 62.3 Å². The van der Waals surface area contributed by atoms with E-state index in [1.54, 1.807) is 9.80 Å². The number of carbonyl (C=O) groups excluding carboxylic acids is 3. The number of aromatic hydroxyl groups is 1. The smallest absolute Gasteiger partial charge is 0.318 e. The molecule has 9 aromatic rings. The van der Waals surface area contributed by atoms with Gasteiger partial charge in [0.05, 0.1) is 70.4 Å². The molecular weight excluding hydrogens is 1620 g/mol. The van der Waals surface area contributed by atoms with Gasteiger partial charge in [0.25, 0.3) is 0 Å². The minimum Gasteiger partial charge on any atom is -0.505 e. The summed E-state index contributed by atoms with van der Waals surface area (Å²) in [5.41, 5.74) is 9.48. The zero-order valence-corrected chi connectivity index (χ0v) is 72.9. The summed E-state index contributed by atoms with van der Waals surface area (Å²) in [7, 11) is 6.40. The predicted molar refractivity (Wildman–Crippen MR) is 494 cm³/mol. The van der Waals surface area contributed by atoms with Crippen molar-refractivity contribution in [3.8, 4) is 23.8 Å². The second-order valence-electron chi connectivity index (χ2n) is 33.0. The third-order valence-electron chi connectivity index (χ3n) is 25.8. The highest BCUT2D eigenvalue weighted by Crippen LogP contribution is 2.43. The third-order valence-corrected chi connectivity index (χ3v) is 26.1. The van der Waals surface area contributed by atoms with Gasteiger partial charge in [-0.3, -0.25) is 24.4 Å². The molecule has 13 heterocycles. The van der Waals surface area contributed by atoms with Gasteiger partial charge in [-0.2, -0.15) is 62.0 Å². The van der Waals surface area contributed by atoms with Gasteiger partial charge in [-0.05, 0) is 159 Å². The highest BCUT2D eigenvalue weighted by atomic mass is 35.5. The molecule has 4 atom stereocenters. The molecule has 28 nitrogen and oxygen atoms in total. The van der Waals surface area contributed by atoms with Crippen LogP contribution in [0.25, 0.3) is 37.3 Å². The predicted octanol–water partition coefficient (Wildman–Crippen LogP) is 11.3. The molecule has 6 fully saturated rings. The number of benzene rings is 5. The zero-order chi connectivity index (χ0) is 83.3. The van der Waals surface area contributed by atoms with Crippen molar-refractivity contribution in [2.45, 2.75) is 115 Å². The summed E-state index contributed by atoms with van der Waals surface area (Å²) in [6, 6.07) is 29.4. The maximum atomic E-state index is 15.4. The van der Waals surface area contributed by atoms with Crippen molar-refractivity contribution in [3.05, 3.63) is 185 Å². The average molecular weight is 1730 g/mol. The van der Waals surface area contributed by atoms with Gasteiger partial charge in [-0.25, -0.2) is 11.0 Å². The van der Waals surface area contributed by atoms with Crippen LogP contribution in [-0.4, -0.2) is 275 Å². The van der Waals surface area contributed by atoms with E-state index < -0.39 is 5.82 Å². The Morgan fingerprint density at radius 2 is 1.07 bits per heavy atom. The molecule has 9 aliphatic heterocycles. The fourth-order valence-corrected chi connectivity index (χ4v) is 18.9. The lowest BCUT2D eigenvalue weighted by Crippen LogP contribution is -2.56. The Balaban J connectivity index is 0.000000157. The molecule has 32 heteroatoms. The quantitative estimate of drug-likeness (QED) is 0.0564. The lowest BCUT2D eigenvalue weighted by Gasteiger charge is -2.41. The number of ether oxygens (including phenoxy) is 3. The molecule has 0 spiro atoms. The van der Waals surface area contributed by atoms with Crippen LogP contribution in [0.4, 0.5) is 38.9 Å². The number of phenolic OH excluding ortho intramolecular Hbond substituents is 1. The van der Waals surface area contributed by atoms with Crippen LogP contribution >= 0.6 is 38.6 Å². The van der Waals surface area contributed by atoms with E-state index in [2.05, 4.69) is 145 Å². The zero-order valence-electron chi connectivity index (χ0n) is 70.2. The molecule has 18 rings (SSSR count). The highest BCUT2D eigenvalue weighted by molar-refractivity contribution is 7.59. The van der Waals surface area contributed by atoms with Gasteiger partial charge in [-0.1, -0.05) is 99.4 Å². The number of carbonyl (C=O) groups is 3. The second kappa shape index (κ2) is 39.8. The molecule has 652 valence electrons. The number of H-pyrrole nitrogens is 1. The van der Waals surface area contributed by atoms with E-state index in [1.807, 2.05) is 52.4 Å². The third kappa shape index (κ3) is 19.3. The first-order valence-electron chi connectivity index (χ1n) is 42.1. The number of rotatable bonds is 19. The molecule has 2 N–H and O–H groups in total. The van der Waals surface area contributed by atoms with E-state index >= 15 is 4.39 Å². The van der Waals surface area contributed by atoms with Crippen molar-refractivity contribution in [3.63, 3.8) is 0 Å². The monoisotopic (exact) mass is 1730 g/mol. The fraction of sp³-hybridized carbons (Fsp3) is 0.462. The van der Waals surface area contributed by atoms with Crippen molar-refractivity contribution in [2.75, 3.05) is 188 Å². The number of amides is 3. The van der Waals surface area contributed by atoms with E-state index in [-0.39, 0.29) is 76.0 Å². The number of likely N-dealkylation sites (tertiary alicyclic amines) is 3. The number of hydrogen-bond donors (Lipinski definition) is 2. The number of likely N-dealkylation sites (N-methyl/N-ethyl adjacent to an activating group) is 3. The first-order chi connectivity index (χ1) is 58.3. The molecule has 9 aliphatic rings. The van der Waals surface area contributed by atoms with Crippen LogP contribution in [0.3, 0.4) is 0 Å². The van der Waals surface area contributed by atoms with Gasteiger partial charge < -0.3 is 78.1 Å². The minimum absolute atomic E-state index is 0. The van der Waals surface area contributed by atoms with Gasteiger partial charge in [0.1, 0.15) is 43.3 Å². The Morgan fingerprint density at radius 1 is 0.569 bits per heavy atom. The molecule has 3 amide bonds. The van der Waals surface area contributed by atoms with Gasteiger partial charge in [0.15, 0.2) is 11.6 Å². The molecule has 0 aliphatic carbocycles. The highest BCUT2D eigenvalue weighted by Gasteiger charge is 2.40. The number of hydrogen-bond acceptors (Lipinski definition) is 23. The van der Waals surface area contributed by atoms with Crippen LogP contribution in [-0.2, 0) is 53.3 Å². The lowest BCUT2D eigenvalue weighted by molar-refractivity contribution is -0.128. The summed E-state index contributed by atoms with van der Waals surface area (Å²) >= 11 is 6.70. The topological polar surface area (TPSA) is 248 Å². The number of phenols is 1. The van der Waals surface area contributed by atoms with Crippen LogP contribution in [0.15, 0.2) is 129 Å². The molecule has 0 bridgehead atoms. The van der Waals surface area contributed by atoms with Crippen molar-refractivity contribution in [1.82, 2.24) is 69.5 Å². The Hall–Kier alpha value is -10.8. The Bertz CT molecular complexity index is 5370. The summed E-state index contributed by atoms with van der Waals surface area (Å²) < 4.78 is 34.2. The van der Waals surface area contributed by atoms with Gasteiger partial charge >= 0.3 is 18.0 Å². The summed E-state index contributed by atoms with van der Waals surface area (Å²) in [6.45, 7) is 36.3. The Labute approximate surface area is 739 Å². The fourth-order valence-electron chi connectivity index (χ4n) is 18.6. The second-order valence-corrected chi connectivity index (χ2v) is 33.4. The van der Waals surface area contributed by atoms with Crippen molar-refractivity contribution >= 4 is 123 Å². The molecule has 6 saturated heterocycles. The number of anilines is 6. The Morgan fingerprint density at radius 3 is 1.61 bits per heavy atom. The number of halogens is 2. The van der Waals surface area contributed by atoms with Gasteiger partial charge in [-0.15, -0.1) is 0 Å². The summed E-state index contributed by atoms with van der Waals surface area (Å²) in [4.78, 5) is 95.7. The maximum Gasteiger partial charge on any atom is 0.318 e. The van der Waals surface area contributed by atoms with Crippen LogP contribution in [0.2, 0.25) is 5.02 Å². The van der Waals surface area contributed by atoms with Crippen molar-refractivity contribution in [2.24, 2.45) is 0 Å². The van der Waals surface area contributed by atoms with Crippen molar-refractivity contribution in [1.29, 1.82) is 0 Å². The van der Waals surface area contributed by atoms with E-state index in [0.29, 0.717) is 165 Å². The lowest BCUT2D eigenvalue weighted by atomic mass is 10.0.